The molecule has 3 heteroatoms. The first-order chi connectivity index (χ1) is 9.70. The van der Waals surface area contributed by atoms with Gasteiger partial charge in [-0.3, -0.25) is 4.98 Å². The summed E-state index contributed by atoms with van der Waals surface area (Å²) in [6.07, 6.45) is 0. The third-order valence-electron chi connectivity index (χ3n) is 3.47. The van der Waals surface area contributed by atoms with Crippen molar-refractivity contribution in [2.24, 2.45) is 0 Å². The van der Waals surface area contributed by atoms with E-state index in [1.165, 1.54) is 0 Å². The number of halogens is 1. The Morgan fingerprint density at radius 2 is 1.80 bits per heavy atom. The lowest BCUT2D eigenvalue weighted by atomic mass is 9.98. The summed E-state index contributed by atoms with van der Waals surface area (Å²) in [4.78, 5) is 4.70. The summed E-state index contributed by atoms with van der Waals surface area (Å²) in [5.74, 6) is 0. The van der Waals surface area contributed by atoms with Gasteiger partial charge in [-0.1, -0.05) is 52.3 Å². The van der Waals surface area contributed by atoms with Crippen molar-refractivity contribution < 1.29 is 5.11 Å². The van der Waals surface area contributed by atoms with Crippen LogP contribution in [0, 0.1) is 6.92 Å². The summed E-state index contributed by atoms with van der Waals surface area (Å²) in [7, 11) is 0. The number of fused-ring (bicyclic) bond motifs is 1. The van der Waals surface area contributed by atoms with Crippen molar-refractivity contribution in [1.82, 2.24) is 4.98 Å². The minimum Gasteiger partial charge on any atom is -0.392 e. The fourth-order valence-corrected chi connectivity index (χ4v) is 2.86. The van der Waals surface area contributed by atoms with Gasteiger partial charge < -0.3 is 5.11 Å². The maximum Gasteiger partial charge on any atom is 0.0766 e. The molecule has 0 fully saturated rings. The largest absolute Gasteiger partial charge is 0.392 e. The first-order valence-electron chi connectivity index (χ1n) is 6.45. The normalized spacial score (nSPS) is 10.9. The number of rotatable bonds is 2. The fraction of sp³-hybridized carbons (Fsp3) is 0.118. The Morgan fingerprint density at radius 3 is 2.50 bits per heavy atom. The van der Waals surface area contributed by atoms with Gasteiger partial charge in [-0.2, -0.15) is 0 Å². The van der Waals surface area contributed by atoms with E-state index in [1.807, 2.05) is 55.5 Å². The molecule has 1 N–H and O–H groups in total. The Balaban J connectivity index is 2.39. The standard InChI is InChI=1S/C17H14BrNO/c1-11-14-8-7-13(18)9-15(14)16(10-20)17(19-11)12-5-3-2-4-6-12/h2-9,20H,10H2,1H3. The topological polar surface area (TPSA) is 33.1 Å². The number of aliphatic hydroxyl groups excluding tert-OH is 1. The van der Waals surface area contributed by atoms with Crippen molar-refractivity contribution in [3.05, 3.63) is 64.3 Å². The van der Waals surface area contributed by atoms with Crippen LogP contribution in [0.5, 0.6) is 0 Å². The minimum absolute atomic E-state index is 0.0234. The molecule has 3 aromatic rings. The molecular formula is C17H14BrNO. The highest BCUT2D eigenvalue weighted by molar-refractivity contribution is 9.10. The van der Waals surface area contributed by atoms with Crippen molar-refractivity contribution in [2.45, 2.75) is 13.5 Å². The quantitative estimate of drug-likeness (QED) is 0.753. The van der Waals surface area contributed by atoms with Gasteiger partial charge in [-0.15, -0.1) is 0 Å². The van der Waals surface area contributed by atoms with Crippen LogP contribution in [0.2, 0.25) is 0 Å². The van der Waals surface area contributed by atoms with Gasteiger partial charge in [0, 0.05) is 26.7 Å². The second kappa shape index (κ2) is 5.35. The van der Waals surface area contributed by atoms with Crippen LogP contribution >= 0.6 is 15.9 Å². The molecule has 0 saturated carbocycles. The van der Waals surface area contributed by atoms with E-state index in [0.29, 0.717) is 0 Å². The molecule has 1 heterocycles. The van der Waals surface area contributed by atoms with Crippen LogP contribution in [0.25, 0.3) is 22.0 Å². The molecule has 2 nitrogen and oxygen atoms in total. The van der Waals surface area contributed by atoms with Crippen LogP contribution in [0.3, 0.4) is 0 Å². The van der Waals surface area contributed by atoms with E-state index in [0.717, 1.165) is 37.8 Å². The molecule has 0 aliphatic rings. The van der Waals surface area contributed by atoms with E-state index >= 15 is 0 Å². The summed E-state index contributed by atoms with van der Waals surface area (Å²) < 4.78 is 1.00. The highest BCUT2D eigenvalue weighted by Crippen LogP contribution is 2.31. The van der Waals surface area contributed by atoms with Crippen molar-refractivity contribution in [3.8, 4) is 11.3 Å². The Hall–Kier alpha value is -1.71. The van der Waals surface area contributed by atoms with Crippen molar-refractivity contribution in [1.29, 1.82) is 0 Å². The number of pyridine rings is 1. The Labute approximate surface area is 126 Å². The molecule has 0 amide bonds. The van der Waals surface area contributed by atoms with Crippen LogP contribution in [0.1, 0.15) is 11.3 Å². The molecule has 2 aromatic carbocycles. The molecule has 1 aromatic heterocycles. The van der Waals surface area contributed by atoms with Crippen LogP contribution in [-0.4, -0.2) is 10.1 Å². The summed E-state index contributed by atoms with van der Waals surface area (Å²) in [5.41, 5.74) is 3.74. The minimum atomic E-state index is -0.0234. The smallest absolute Gasteiger partial charge is 0.0766 e. The molecular weight excluding hydrogens is 314 g/mol. The van der Waals surface area contributed by atoms with Crippen LogP contribution in [0.4, 0.5) is 0 Å². The van der Waals surface area contributed by atoms with Gasteiger partial charge in [0.15, 0.2) is 0 Å². The average molecular weight is 328 g/mol. The Bertz CT molecular complexity index is 769. The predicted molar refractivity (Wildman–Crippen MR) is 85.5 cm³/mol. The first kappa shape index (κ1) is 13.3. The molecule has 20 heavy (non-hydrogen) atoms. The SMILES string of the molecule is Cc1nc(-c2ccccc2)c(CO)c2cc(Br)ccc12. The lowest BCUT2D eigenvalue weighted by Gasteiger charge is -2.13. The zero-order valence-corrected chi connectivity index (χ0v) is 12.7. The number of aliphatic hydroxyl groups is 1. The summed E-state index contributed by atoms with van der Waals surface area (Å²) in [6.45, 7) is 1.98. The number of nitrogens with zero attached hydrogens (tertiary/aromatic N) is 1. The maximum atomic E-state index is 9.80. The monoisotopic (exact) mass is 327 g/mol. The number of hydrogen-bond acceptors (Lipinski definition) is 2. The number of hydrogen-bond donors (Lipinski definition) is 1. The first-order valence-corrected chi connectivity index (χ1v) is 7.25. The van der Waals surface area contributed by atoms with Gasteiger partial charge in [0.25, 0.3) is 0 Å². The molecule has 0 aliphatic carbocycles. The molecule has 0 atom stereocenters. The number of benzene rings is 2. The van der Waals surface area contributed by atoms with Gasteiger partial charge in [0.05, 0.1) is 12.3 Å². The Kier molecular flexibility index (Phi) is 3.55. The van der Waals surface area contributed by atoms with E-state index in [-0.39, 0.29) is 6.61 Å². The van der Waals surface area contributed by atoms with E-state index in [2.05, 4.69) is 15.9 Å². The molecule has 0 bridgehead atoms. The van der Waals surface area contributed by atoms with E-state index in [4.69, 9.17) is 4.98 Å². The van der Waals surface area contributed by atoms with Crippen LogP contribution in [-0.2, 0) is 6.61 Å². The van der Waals surface area contributed by atoms with Crippen molar-refractivity contribution in [3.63, 3.8) is 0 Å². The molecule has 0 spiro atoms. The molecule has 0 aliphatic heterocycles. The number of aryl methyl sites for hydroxylation is 1. The zero-order chi connectivity index (χ0) is 14.1. The molecule has 0 saturated heterocycles. The lowest BCUT2D eigenvalue weighted by Crippen LogP contribution is -1.98. The van der Waals surface area contributed by atoms with Crippen molar-refractivity contribution in [2.75, 3.05) is 0 Å². The van der Waals surface area contributed by atoms with E-state index < -0.39 is 0 Å². The van der Waals surface area contributed by atoms with Gasteiger partial charge in [-0.25, -0.2) is 0 Å². The van der Waals surface area contributed by atoms with Crippen molar-refractivity contribution >= 4 is 26.7 Å². The fourth-order valence-electron chi connectivity index (χ4n) is 2.50. The third-order valence-corrected chi connectivity index (χ3v) is 3.96. The highest BCUT2D eigenvalue weighted by Gasteiger charge is 2.13. The summed E-state index contributed by atoms with van der Waals surface area (Å²) in [5, 5.41) is 11.9. The summed E-state index contributed by atoms with van der Waals surface area (Å²) >= 11 is 3.50. The molecule has 3 rings (SSSR count). The molecule has 0 unspecified atom stereocenters. The average Bonchev–Trinajstić information content (AvgIpc) is 2.47. The van der Waals surface area contributed by atoms with Gasteiger partial charge in [-0.05, 0) is 24.4 Å². The maximum absolute atomic E-state index is 9.80. The highest BCUT2D eigenvalue weighted by atomic mass is 79.9. The Morgan fingerprint density at radius 1 is 1.05 bits per heavy atom. The molecule has 100 valence electrons. The summed E-state index contributed by atoms with van der Waals surface area (Å²) in [6, 6.07) is 16.1. The van der Waals surface area contributed by atoms with Gasteiger partial charge in [0.1, 0.15) is 0 Å². The van der Waals surface area contributed by atoms with E-state index in [1.54, 1.807) is 0 Å². The number of aromatic nitrogens is 1. The zero-order valence-electron chi connectivity index (χ0n) is 11.1. The lowest BCUT2D eigenvalue weighted by molar-refractivity contribution is 0.283. The third kappa shape index (κ3) is 2.23. The van der Waals surface area contributed by atoms with E-state index in [9.17, 15) is 5.11 Å². The predicted octanol–water partition coefficient (Wildman–Crippen LogP) is 4.47. The van der Waals surface area contributed by atoms with Crippen LogP contribution < -0.4 is 0 Å². The van der Waals surface area contributed by atoms with Crippen LogP contribution in [0.15, 0.2) is 53.0 Å². The molecule has 0 radical (unpaired) electrons. The second-order valence-electron chi connectivity index (χ2n) is 4.74. The van der Waals surface area contributed by atoms with Gasteiger partial charge >= 0.3 is 0 Å². The van der Waals surface area contributed by atoms with Gasteiger partial charge in [0.2, 0.25) is 0 Å². The second-order valence-corrected chi connectivity index (χ2v) is 5.65.